The van der Waals surface area contributed by atoms with Crippen LogP contribution in [0.15, 0.2) is 6.07 Å². The van der Waals surface area contributed by atoms with E-state index in [9.17, 15) is 14.3 Å². The Labute approximate surface area is 109 Å². The van der Waals surface area contributed by atoms with Crippen LogP contribution < -0.4 is 9.47 Å². The summed E-state index contributed by atoms with van der Waals surface area (Å²) in [5.41, 5.74) is -0.720. The molecule has 2 N–H and O–H groups in total. The first-order valence-electron chi connectivity index (χ1n) is 5.81. The van der Waals surface area contributed by atoms with Gasteiger partial charge < -0.3 is 19.7 Å². The van der Waals surface area contributed by atoms with Crippen molar-refractivity contribution < 1.29 is 28.9 Å². The average Bonchev–Trinajstić information content (AvgIpc) is 3.11. The first-order chi connectivity index (χ1) is 8.95. The van der Waals surface area contributed by atoms with Crippen molar-refractivity contribution in [3.8, 4) is 17.2 Å². The zero-order chi connectivity index (χ0) is 14.2. The van der Waals surface area contributed by atoms with Gasteiger partial charge in [-0.1, -0.05) is 0 Å². The van der Waals surface area contributed by atoms with Crippen LogP contribution in [0, 0.1) is 5.82 Å². The van der Waals surface area contributed by atoms with E-state index in [0.29, 0.717) is 12.8 Å². The number of benzene rings is 1. The highest BCUT2D eigenvalue weighted by atomic mass is 19.1. The minimum atomic E-state index is -1.01. The van der Waals surface area contributed by atoms with E-state index in [4.69, 9.17) is 14.6 Å². The van der Waals surface area contributed by atoms with E-state index in [2.05, 4.69) is 0 Å². The van der Waals surface area contributed by atoms with E-state index in [-0.39, 0.29) is 23.5 Å². The Kier molecular flexibility index (Phi) is 3.26. The van der Waals surface area contributed by atoms with E-state index in [1.807, 2.05) is 0 Å². The molecule has 0 heterocycles. The Morgan fingerprint density at radius 2 is 2.05 bits per heavy atom. The van der Waals surface area contributed by atoms with Crippen molar-refractivity contribution >= 4 is 5.97 Å². The second-order valence-electron chi connectivity index (χ2n) is 4.67. The average molecular weight is 270 g/mol. The largest absolute Gasteiger partial charge is 0.505 e. The molecule has 1 aliphatic carbocycles. The van der Waals surface area contributed by atoms with Gasteiger partial charge >= 0.3 is 5.97 Å². The molecule has 1 aromatic carbocycles. The number of methoxy groups -OCH3 is 2. The molecule has 0 atom stereocenters. The van der Waals surface area contributed by atoms with Crippen molar-refractivity contribution in [2.24, 2.45) is 0 Å². The van der Waals surface area contributed by atoms with Gasteiger partial charge in [-0.3, -0.25) is 4.79 Å². The summed E-state index contributed by atoms with van der Waals surface area (Å²) in [5.74, 6) is -2.08. The van der Waals surface area contributed by atoms with E-state index in [1.54, 1.807) is 0 Å². The van der Waals surface area contributed by atoms with Gasteiger partial charge in [0.1, 0.15) is 0 Å². The summed E-state index contributed by atoms with van der Waals surface area (Å²) >= 11 is 0. The number of aromatic hydroxyl groups is 1. The van der Waals surface area contributed by atoms with Crippen molar-refractivity contribution in [1.29, 1.82) is 0 Å². The van der Waals surface area contributed by atoms with Crippen LogP contribution in [0.25, 0.3) is 0 Å². The van der Waals surface area contributed by atoms with Crippen LogP contribution in [0.3, 0.4) is 0 Å². The van der Waals surface area contributed by atoms with Gasteiger partial charge in [-0.2, -0.15) is 0 Å². The van der Waals surface area contributed by atoms with Crippen LogP contribution in [0.1, 0.15) is 24.8 Å². The van der Waals surface area contributed by atoms with Crippen molar-refractivity contribution in [1.82, 2.24) is 0 Å². The summed E-state index contributed by atoms with van der Waals surface area (Å²) in [6.07, 6.45) is 0.880. The number of halogens is 1. The highest BCUT2D eigenvalue weighted by Crippen LogP contribution is 2.57. The molecule has 0 aliphatic heterocycles. The van der Waals surface area contributed by atoms with Gasteiger partial charge in [-0.25, -0.2) is 4.39 Å². The molecule has 5 nitrogen and oxygen atoms in total. The van der Waals surface area contributed by atoms with Crippen molar-refractivity contribution in [2.45, 2.75) is 24.7 Å². The third-order valence-corrected chi connectivity index (χ3v) is 3.46. The van der Waals surface area contributed by atoms with Gasteiger partial charge in [0.05, 0.1) is 20.6 Å². The van der Waals surface area contributed by atoms with E-state index in [0.717, 1.165) is 6.07 Å². The predicted octanol–water partition coefficient (Wildman–Crippen LogP) is 2.05. The topological polar surface area (TPSA) is 76.0 Å². The Morgan fingerprint density at radius 1 is 1.42 bits per heavy atom. The Balaban J connectivity index is 2.61. The Hall–Kier alpha value is -1.98. The number of ether oxygens (including phenoxy) is 2. The Bertz CT molecular complexity index is 522. The number of carboxylic acid groups (broad SMARTS) is 1. The third-order valence-electron chi connectivity index (χ3n) is 3.46. The van der Waals surface area contributed by atoms with Crippen molar-refractivity contribution in [3.63, 3.8) is 0 Å². The third kappa shape index (κ3) is 2.18. The SMILES string of the molecule is COc1cc(O)c(F)c(C2(CC(=O)O)CC2)c1OC. The van der Waals surface area contributed by atoms with Gasteiger partial charge in [-0.15, -0.1) is 0 Å². The summed E-state index contributed by atoms with van der Waals surface area (Å²) in [7, 11) is 2.73. The minimum absolute atomic E-state index is 0.0919. The number of hydrogen-bond donors (Lipinski definition) is 2. The zero-order valence-corrected chi connectivity index (χ0v) is 10.7. The highest BCUT2D eigenvalue weighted by molar-refractivity contribution is 5.71. The molecule has 19 heavy (non-hydrogen) atoms. The molecule has 0 spiro atoms. The summed E-state index contributed by atoms with van der Waals surface area (Å²) in [6, 6.07) is 1.12. The number of aliphatic carboxylic acids is 1. The van der Waals surface area contributed by atoms with Crippen LogP contribution in [0.2, 0.25) is 0 Å². The predicted molar refractivity (Wildman–Crippen MR) is 64.3 cm³/mol. The molecule has 1 saturated carbocycles. The number of carboxylic acids is 1. The number of phenolic OH excluding ortho intramolecular Hbond substituents is 1. The van der Waals surface area contributed by atoms with E-state index >= 15 is 0 Å². The molecule has 0 radical (unpaired) electrons. The lowest BCUT2D eigenvalue weighted by atomic mass is 9.90. The molecule has 0 amide bonds. The molecule has 2 rings (SSSR count). The molecular formula is C13H15FO5. The molecule has 0 unspecified atom stereocenters. The second-order valence-corrected chi connectivity index (χ2v) is 4.67. The van der Waals surface area contributed by atoms with Gasteiger partial charge in [0.2, 0.25) is 0 Å². The summed E-state index contributed by atoms with van der Waals surface area (Å²) in [4.78, 5) is 10.9. The number of hydrogen-bond acceptors (Lipinski definition) is 4. The first-order valence-corrected chi connectivity index (χ1v) is 5.81. The quantitative estimate of drug-likeness (QED) is 0.856. The molecular weight excluding hydrogens is 255 g/mol. The van der Waals surface area contributed by atoms with Gasteiger partial charge in [0.25, 0.3) is 0 Å². The summed E-state index contributed by atoms with van der Waals surface area (Å²) in [6.45, 7) is 0. The number of rotatable bonds is 5. The van der Waals surface area contributed by atoms with Crippen LogP contribution in [0.4, 0.5) is 4.39 Å². The fraction of sp³-hybridized carbons (Fsp3) is 0.462. The molecule has 0 bridgehead atoms. The fourth-order valence-electron chi connectivity index (χ4n) is 2.39. The lowest BCUT2D eigenvalue weighted by molar-refractivity contribution is -0.137. The summed E-state index contributed by atoms with van der Waals surface area (Å²) in [5, 5.41) is 18.5. The van der Waals surface area contributed by atoms with Crippen LogP contribution in [-0.2, 0) is 10.2 Å². The number of carbonyl (C=O) groups is 1. The smallest absolute Gasteiger partial charge is 0.304 e. The maximum Gasteiger partial charge on any atom is 0.304 e. The van der Waals surface area contributed by atoms with Gasteiger partial charge in [0, 0.05) is 17.0 Å². The van der Waals surface area contributed by atoms with Crippen molar-refractivity contribution in [2.75, 3.05) is 14.2 Å². The first kappa shape index (κ1) is 13.5. The van der Waals surface area contributed by atoms with Crippen LogP contribution in [-0.4, -0.2) is 30.4 Å². The van der Waals surface area contributed by atoms with Crippen molar-refractivity contribution in [3.05, 3.63) is 17.4 Å². The van der Waals surface area contributed by atoms with Crippen LogP contribution >= 0.6 is 0 Å². The zero-order valence-electron chi connectivity index (χ0n) is 10.7. The maximum atomic E-state index is 14.2. The van der Waals surface area contributed by atoms with Crippen LogP contribution in [0.5, 0.6) is 17.2 Å². The van der Waals surface area contributed by atoms with E-state index < -0.39 is 23.0 Å². The molecule has 1 fully saturated rings. The lowest BCUT2D eigenvalue weighted by Gasteiger charge is -2.20. The molecule has 0 saturated heterocycles. The summed E-state index contributed by atoms with van der Waals surface area (Å²) < 4.78 is 24.4. The molecule has 1 aromatic rings. The molecule has 6 heteroatoms. The molecule has 0 aromatic heterocycles. The van der Waals surface area contributed by atoms with Gasteiger partial charge in [0.15, 0.2) is 23.1 Å². The maximum absolute atomic E-state index is 14.2. The monoisotopic (exact) mass is 270 g/mol. The molecule has 1 aliphatic rings. The Morgan fingerprint density at radius 3 is 2.47 bits per heavy atom. The molecule has 104 valence electrons. The normalized spacial score (nSPS) is 15.9. The fourth-order valence-corrected chi connectivity index (χ4v) is 2.39. The standard InChI is InChI=1S/C13H15FO5/c1-18-8-5-7(15)11(14)10(12(8)19-2)13(3-4-13)6-9(16)17/h5,15H,3-4,6H2,1-2H3,(H,16,17). The van der Waals surface area contributed by atoms with Gasteiger partial charge in [-0.05, 0) is 12.8 Å². The van der Waals surface area contributed by atoms with E-state index in [1.165, 1.54) is 14.2 Å². The minimum Gasteiger partial charge on any atom is -0.505 e. The highest BCUT2D eigenvalue weighted by Gasteiger charge is 2.50. The second kappa shape index (κ2) is 4.60. The lowest BCUT2D eigenvalue weighted by Crippen LogP contribution is -2.16. The number of phenols is 1.